The number of fused-ring (bicyclic) bond motifs is 2. The molecule has 0 spiro atoms. The number of pyridine rings is 1. The van der Waals surface area contributed by atoms with Crippen LogP contribution >= 0.6 is 0 Å². The van der Waals surface area contributed by atoms with Gasteiger partial charge in [0.25, 0.3) is 0 Å². The number of hydrogen-bond donors (Lipinski definition) is 0. The number of aromatic nitrogens is 1. The second kappa shape index (κ2) is 4.18. The van der Waals surface area contributed by atoms with Crippen molar-refractivity contribution in [1.82, 2.24) is 4.98 Å². The predicted octanol–water partition coefficient (Wildman–Crippen LogP) is 3.41. The van der Waals surface area contributed by atoms with E-state index in [1.807, 2.05) is 24.4 Å². The molecule has 0 aliphatic carbocycles. The van der Waals surface area contributed by atoms with Gasteiger partial charge in [0.15, 0.2) is 11.5 Å². The van der Waals surface area contributed by atoms with E-state index in [4.69, 9.17) is 9.47 Å². The molecule has 0 atom stereocenters. The minimum Gasteiger partial charge on any atom is -0.493 e. The average molecular weight is 239 g/mol. The first kappa shape index (κ1) is 10.8. The van der Waals surface area contributed by atoms with Crippen LogP contribution < -0.4 is 9.47 Å². The minimum absolute atomic E-state index is 0.744. The van der Waals surface area contributed by atoms with Gasteiger partial charge in [-0.1, -0.05) is 6.07 Å². The zero-order valence-electron chi connectivity index (χ0n) is 10.3. The Bertz CT molecular complexity index is 722. The quantitative estimate of drug-likeness (QED) is 0.642. The van der Waals surface area contributed by atoms with Gasteiger partial charge in [0.2, 0.25) is 0 Å². The Kier molecular flexibility index (Phi) is 2.52. The maximum atomic E-state index is 5.45. The summed E-state index contributed by atoms with van der Waals surface area (Å²) in [5, 5.41) is 4.44. The van der Waals surface area contributed by atoms with Gasteiger partial charge in [0.1, 0.15) is 0 Å². The maximum Gasteiger partial charge on any atom is 0.168 e. The Morgan fingerprint density at radius 1 is 0.889 bits per heavy atom. The molecule has 90 valence electrons. The van der Waals surface area contributed by atoms with Crippen LogP contribution in [0.4, 0.5) is 0 Å². The number of nitrogens with zero attached hydrogens (tertiary/aromatic N) is 1. The number of rotatable bonds is 2. The van der Waals surface area contributed by atoms with Crippen LogP contribution in [0.2, 0.25) is 0 Å². The van der Waals surface area contributed by atoms with Crippen LogP contribution in [0.25, 0.3) is 21.5 Å². The topological polar surface area (TPSA) is 31.4 Å². The van der Waals surface area contributed by atoms with Crippen LogP contribution in [0.5, 0.6) is 11.5 Å². The lowest BCUT2D eigenvalue weighted by Crippen LogP contribution is -1.91. The Morgan fingerprint density at radius 3 is 2.56 bits per heavy atom. The van der Waals surface area contributed by atoms with Crippen LogP contribution in [0.1, 0.15) is 0 Å². The van der Waals surface area contributed by atoms with E-state index < -0.39 is 0 Å². The predicted molar refractivity (Wildman–Crippen MR) is 72.4 cm³/mol. The molecule has 0 saturated heterocycles. The molecule has 3 rings (SSSR count). The van der Waals surface area contributed by atoms with E-state index in [9.17, 15) is 0 Å². The van der Waals surface area contributed by atoms with Crippen LogP contribution in [0.15, 0.2) is 42.7 Å². The highest BCUT2D eigenvalue weighted by Gasteiger charge is 2.09. The van der Waals surface area contributed by atoms with Gasteiger partial charge in [-0.3, -0.25) is 4.98 Å². The normalized spacial score (nSPS) is 10.8. The molecule has 0 N–H and O–H groups in total. The summed E-state index contributed by atoms with van der Waals surface area (Å²) in [4.78, 5) is 4.15. The number of benzene rings is 2. The fourth-order valence-corrected chi connectivity index (χ4v) is 2.23. The molecule has 3 nitrogen and oxygen atoms in total. The number of hydrogen-bond acceptors (Lipinski definition) is 3. The van der Waals surface area contributed by atoms with E-state index in [0.29, 0.717) is 0 Å². The van der Waals surface area contributed by atoms with Gasteiger partial charge in [0, 0.05) is 23.2 Å². The van der Waals surface area contributed by atoms with Crippen molar-refractivity contribution in [2.75, 3.05) is 14.2 Å². The highest BCUT2D eigenvalue weighted by Crippen LogP contribution is 2.37. The molecule has 18 heavy (non-hydrogen) atoms. The largest absolute Gasteiger partial charge is 0.493 e. The van der Waals surface area contributed by atoms with Crippen molar-refractivity contribution in [2.24, 2.45) is 0 Å². The highest BCUT2D eigenvalue weighted by molar-refractivity contribution is 6.01. The molecular formula is C15H13NO2. The first-order chi connectivity index (χ1) is 8.83. The van der Waals surface area contributed by atoms with Gasteiger partial charge in [-0.15, -0.1) is 0 Å². The van der Waals surface area contributed by atoms with Crippen molar-refractivity contribution in [3.05, 3.63) is 42.7 Å². The molecule has 3 aromatic rings. The summed E-state index contributed by atoms with van der Waals surface area (Å²) in [6.07, 6.45) is 3.66. The van der Waals surface area contributed by atoms with Crippen LogP contribution in [-0.2, 0) is 0 Å². The summed E-state index contributed by atoms with van der Waals surface area (Å²) < 4.78 is 10.8. The number of ether oxygens (including phenoxy) is 2. The molecule has 0 aliphatic rings. The minimum atomic E-state index is 0.744. The van der Waals surface area contributed by atoms with Gasteiger partial charge < -0.3 is 9.47 Å². The highest BCUT2D eigenvalue weighted by atomic mass is 16.5. The summed E-state index contributed by atoms with van der Waals surface area (Å²) in [7, 11) is 3.30. The van der Waals surface area contributed by atoms with Crippen molar-refractivity contribution in [3.8, 4) is 11.5 Å². The lowest BCUT2D eigenvalue weighted by atomic mass is 10.0. The summed E-state index contributed by atoms with van der Waals surface area (Å²) in [5.74, 6) is 1.51. The lowest BCUT2D eigenvalue weighted by molar-refractivity contribution is 0.358. The first-order valence-electron chi connectivity index (χ1n) is 5.72. The van der Waals surface area contributed by atoms with Gasteiger partial charge in [-0.05, 0) is 35.0 Å². The molecule has 0 unspecified atom stereocenters. The van der Waals surface area contributed by atoms with Gasteiger partial charge in [0.05, 0.1) is 14.2 Å². The van der Waals surface area contributed by atoms with Crippen molar-refractivity contribution in [3.63, 3.8) is 0 Å². The zero-order chi connectivity index (χ0) is 12.5. The third-order valence-electron chi connectivity index (χ3n) is 3.12. The molecular weight excluding hydrogens is 226 g/mol. The van der Waals surface area contributed by atoms with Crippen LogP contribution in [0.3, 0.4) is 0 Å². The monoisotopic (exact) mass is 239 g/mol. The van der Waals surface area contributed by atoms with Crippen LogP contribution in [0, 0.1) is 0 Å². The molecule has 0 aliphatic heterocycles. The standard InChI is InChI=1S/C15H13NO2/c1-17-14-4-3-11-7-10-5-6-16-9-12(10)8-13(11)15(14)18-2/h3-9H,1-2H3. The zero-order valence-corrected chi connectivity index (χ0v) is 10.3. The molecule has 1 heterocycles. The molecule has 1 aromatic heterocycles. The first-order valence-corrected chi connectivity index (χ1v) is 5.72. The molecule has 0 bridgehead atoms. The van der Waals surface area contributed by atoms with E-state index >= 15 is 0 Å². The SMILES string of the molecule is COc1ccc2cc3ccncc3cc2c1OC. The van der Waals surface area contributed by atoms with Gasteiger partial charge in [-0.2, -0.15) is 0 Å². The molecule has 0 saturated carbocycles. The van der Waals surface area contributed by atoms with Crippen molar-refractivity contribution in [2.45, 2.75) is 0 Å². The third kappa shape index (κ3) is 1.56. The summed E-state index contributed by atoms with van der Waals surface area (Å²) in [5.41, 5.74) is 0. The Morgan fingerprint density at radius 2 is 1.78 bits per heavy atom. The van der Waals surface area contributed by atoms with E-state index in [-0.39, 0.29) is 0 Å². The summed E-state index contributed by atoms with van der Waals surface area (Å²) in [6.45, 7) is 0. The maximum absolute atomic E-state index is 5.45. The van der Waals surface area contributed by atoms with E-state index in [1.54, 1.807) is 20.4 Å². The van der Waals surface area contributed by atoms with Crippen LogP contribution in [-0.4, -0.2) is 19.2 Å². The number of methoxy groups -OCH3 is 2. The second-order valence-electron chi connectivity index (χ2n) is 4.10. The molecule has 0 fully saturated rings. The summed E-state index contributed by atoms with van der Waals surface area (Å²) in [6, 6.07) is 10.2. The average Bonchev–Trinajstić information content (AvgIpc) is 2.43. The smallest absolute Gasteiger partial charge is 0.168 e. The van der Waals surface area contributed by atoms with E-state index in [0.717, 1.165) is 27.7 Å². The van der Waals surface area contributed by atoms with Crippen molar-refractivity contribution < 1.29 is 9.47 Å². The third-order valence-corrected chi connectivity index (χ3v) is 3.12. The lowest BCUT2D eigenvalue weighted by Gasteiger charge is -2.11. The fraction of sp³-hybridized carbons (Fsp3) is 0.133. The van der Waals surface area contributed by atoms with Crippen molar-refractivity contribution in [1.29, 1.82) is 0 Å². The molecule has 2 aromatic carbocycles. The van der Waals surface area contributed by atoms with Gasteiger partial charge in [-0.25, -0.2) is 0 Å². The second-order valence-corrected chi connectivity index (χ2v) is 4.10. The van der Waals surface area contributed by atoms with Crippen molar-refractivity contribution >= 4 is 21.5 Å². The Labute approximate surface area is 105 Å². The Balaban J connectivity index is 2.42. The molecule has 0 radical (unpaired) electrons. The Hall–Kier alpha value is -2.29. The van der Waals surface area contributed by atoms with E-state index in [1.165, 1.54) is 5.39 Å². The fourth-order valence-electron chi connectivity index (χ4n) is 2.23. The summed E-state index contributed by atoms with van der Waals surface area (Å²) >= 11 is 0. The molecule has 0 amide bonds. The van der Waals surface area contributed by atoms with Gasteiger partial charge >= 0.3 is 0 Å². The van der Waals surface area contributed by atoms with E-state index in [2.05, 4.69) is 17.1 Å². The molecule has 3 heteroatoms.